The zero-order valence-electron chi connectivity index (χ0n) is 14.3. The van der Waals surface area contributed by atoms with Crippen molar-refractivity contribution in [2.45, 2.75) is 39.5 Å². The van der Waals surface area contributed by atoms with E-state index in [1.165, 1.54) is 24.8 Å². The van der Waals surface area contributed by atoms with Gasteiger partial charge in [-0.3, -0.25) is 0 Å². The van der Waals surface area contributed by atoms with Gasteiger partial charge in [0.1, 0.15) is 0 Å². The van der Waals surface area contributed by atoms with Crippen LogP contribution in [0, 0.1) is 41.9 Å². The van der Waals surface area contributed by atoms with E-state index in [0.29, 0.717) is 0 Å². The Morgan fingerprint density at radius 1 is 0.875 bits per heavy atom. The van der Waals surface area contributed by atoms with Crippen molar-refractivity contribution in [3.8, 4) is 29.8 Å². The molecule has 0 bridgehead atoms. The smallest absolute Gasteiger partial charge is 0.152 e. The van der Waals surface area contributed by atoms with E-state index >= 15 is 0 Å². The predicted molar refractivity (Wildman–Crippen MR) is 99.3 cm³/mol. The third kappa shape index (κ3) is 5.35. The average Bonchev–Trinajstić information content (AvgIpc) is 2.60. The molecule has 0 aliphatic heterocycles. The molecule has 0 aromatic heterocycles. The highest BCUT2D eigenvalue weighted by Gasteiger charge is 1.97. The summed E-state index contributed by atoms with van der Waals surface area (Å²) in [6.07, 6.45) is 4.94. The molecule has 24 heavy (non-hydrogen) atoms. The van der Waals surface area contributed by atoms with Crippen molar-refractivity contribution in [1.82, 2.24) is 0 Å². The summed E-state index contributed by atoms with van der Waals surface area (Å²) in [6, 6.07) is 16.2. The van der Waals surface area contributed by atoms with Gasteiger partial charge in [0.25, 0.3) is 0 Å². The first-order valence-corrected chi connectivity index (χ1v) is 8.34. The zero-order chi connectivity index (χ0) is 17.2. The van der Waals surface area contributed by atoms with Gasteiger partial charge in [0, 0.05) is 22.6 Å². The van der Waals surface area contributed by atoms with Crippen molar-refractivity contribution in [1.29, 1.82) is 5.26 Å². The molecule has 2 rings (SSSR count). The Morgan fingerprint density at radius 3 is 2.29 bits per heavy atom. The van der Waals surface area contributed by atoms with Crippen LogP contribution in [0.5, 0.6) is 0 Å². The summed E-state index contributed by atoms with van der Waals surface area (Å²) in [4.78, 5) is 0. The van der Waals surface area contributed by atoms with Crippen LogP contribution in [0.2, 0.25) is 0 Å². The first-order valence-electron chi connectivity index (χ1n) is 8.34. The molecule has 0 radical (unpaired) electrons. The molecule has 0 saturated carbocycles. The Balaban J connectivity index is 2.08. The van der Waals surface area contributed by atoms with Crippen LogP contribution in [0.1, 0.15) is 54.0 Å². The molecule has 1 heteroatoms. The van der Waals surface area contributed by atoms with E-state index in [4.69, 9.17) is 5.26 Å². The van der Waals surface area contributed by atoms with Crippen LogP contribution in [-0.4, -0.2) is 0 Å². The van der Waals surface area contributed by atoms with Crippen LogP contribution in [0.15, 0.2) is 42.5 Å². The SMILES string of the molecule is CCCCCc1ccc(C#Cc2ccc(C#CC#N)cc2C)cc1. The predicted octanol–water partition coefficient (Wildman–Crippen LogP) is 5.00. The molecule has 1 nitrogen and oxygen atoms in total. The summed E-state index contributed by atoms with van der Waals surface area (Å²) >= 11 is 0. The molecule has 0 spiro atoms. The van der Waals surface area contributed by atoms with Crippen LogP contribution in [0.25, 0.3) is 0 Å². The first-order chi connectivity index (χ1) is 11.7. The Morgan fingerprint density at radius 2 is 1.62 bits per heavy atom. The molecule has 0 saturated heterocycles. The molecular weight excluding hydrogens is 290 g/mol. The number of hydrogen-bond acceptors (Lipinski definition) is 1. The van der Waals surface area contributed by atoms with Crippen molar-refractivity contribution in [3.63, 3.8) is 0 Å². The van der Waals surface area contributed by atoms with Gasteiger partial charge in [0.05, 0.1) is 0 Å². The van der Waals surface area contributed by atoms with Gasteiger partial charge < -0.3 is 0 Å². The second-order valence-corrected chi connectivity index (χ2v) is 5.80. The Labute approximate surface area is 145 Å². The highest BCUT2D eigenvalue weighted by atomic mass is 14.2. The number of hydrogen-bond donors (Lipinski definition) is 0. The van der Waals surface area contributed by atoms with Crippen LogP contribution < -0.4 is 0 Å². The second kappa shape index (κ2) is 9.25. The minimum atomic E-state index is 0.844. The lowest BCUT2D eigenvalue weighted by molar-refractivity contribution is 0.717. The lowest BCUT2D eigenvalue weighted by Crippen LogP contribution is -1.86. The third-order valence-corrected chi connectivity index (χ3v) is 3.85. The topological polar surface area (TPSA) is 23.8 Å². The van der Waals surface area contributed by atoms with Gasteiger partial charge in [0.2, 0.25) is 0 Å². The molecule has 0 unspecified atom stereocenters. The number of rotatable bonds is 4. The molecule has 0 N–H and O–H groups in total. The molecule has 2 aromatic rings. The molecule has 0 aliphatic carbocycles. The Bertz CT molecular complexity index is 843. The van der Waals surface area contributed by atoms with E-state index in [0.717, 1.165) is 28.7 Å². The van der Waals surface area contributed by atoms with E-state index in [2.05, 4.69) is 54.9 Å². The van der Waals surface area contributed by atoms with Crippen LogP contribution >= 0.6 is 0 Å². The normalized spacial score (nSPS) is 9.21. The lowest BCUT2D eigenvalue weighted by Gasteiger charge is -2.01. The number of nitrogens with zero attached hydrogens (tertiary/aromatic N) is 1. The van der Waals surface area contributed by atoms with E-state index < -0.39 is 0 Å². The maximum atomic E-state index is 8.50. The molecule has 0 atom stereocenters. The summed E-state index contributed by atoms with van der Waals surface area (Å²) in [7, 11) is 0. The Kier molecular flexibility index (Phi) is 6.71. The zero-order valence-corrected chi connectivity index (χ0v) is 14.3. The standard InChI is InChI=1S/C23H21N/c1-3-4-5-7-20-9-11-21(12-10-20)13-15-23-16-14-22(8-6-17-24)18-19(23)2/h9-12,14,16,18H,3-5,7H2,1-2H3. The van der Waals surface area contributed by atoms with E-state index in [9.17, 15) is 0 Å². The minimum Gasteiger partial charge on any atom is -0.183 e. The molecule has 0 aliphatic rings. The third-order valence-electron chi connectivity index (χ3n) is 3.85. The fourth-order valence-electron chi connectivity index (χ4n) is 2.46. The Hall–Kier alpha value is -2.95. The number of unbranched alkanes of at least 4 members (excludes halogenated alkanes) is 2. The maximum absolute atomic E-state index is 8.50. The van der Waals surface area contributed by atoms with Crippen molar-refractivity contribution >= 4 is 0 Å². The molecule has 2 aromatic carbocycles. The largest absolute Gasteiger partial charge is 0.183 e. The fourth-order valence-corrected chi connectivity index (χ4v) is 2.46. The first kappa shape index (κ1) is 17.4. The summed E-state index contributed by atoms with van der Waals surface area (Å²) in [5.74, 6) is 11.7. The highest BCUT2D eigenvalue weighted by Crippen LogP contribution is 2.11. The average molecular weight is 311 g/mol. The number of aryl methyl sites for hydroxylation is 2. The quantitative estimate of drug-likeness (QED) is 0.575. The van der Waals surface area contributed by atoms with Gasteiger partial charge in [-0.25, -0.2) is 0 Å². The molecule has 0 amide bonds. The van der Waals surface area contributed by atoms with Crippen molar-refractivity contribution in [3.05, 3.63) is 70.3 Å². The summed E-state index contributed by atoms with van der Waals surface area (Å²) in [5, 5.41) is 8.50. The highest BCUT2D eigenvalue weighted by molar-refractivity contribution is 5.50. The maximum Gasteiger partial charge on any atom is 0.152 e. The van der Waals surface area contributed by atoms with Gasteiger partial charge in [-0.15, -0.1) is 0 Å². The van der Waals surface area contributed by atoms with Crippen LogP contribution in [-0.2, 0) is 6.42 Å². The minimum absolute atomic E-state index is 0.844. The van der Waals surface area contributed by atoms with Crippen molar-refractivity contribution in [2.24, 2.45) is 0 Å². The summed E-state index contributed by atoms with van der Waals surface area (Å²) < 4.78 is 0. The lowest BCUT2D eigenvalue weighted by atomic mass is 10.0. The van der Waals surface area contributed by atoms with Gasteiger partial charge in [0.15, 0.2) is 6.07 Å². The second-order valence-electron chi connectivity index (χ2n) is 5.80. The van der Waals surface area contributed by atoms with E-state index in [1.54, 1.807) is 0 Å². The van der Waals surface area contributed by atoms with Gasteiger partial charge >= 0.3 is 0 Å². The van der Waals surface area contributed by atoms with Crippen molar-refractivity contribution in [2.75, 3.05) is 0 Å². The molecule has 0 fully saturated rings. The van der Waals surface area contributed by atoms with Crippen molar-refractivity contribution < 1.29 is 0 Å². The van der Waals surface area contributed by atoms with Gasteiger partial charge in [-0.05, 0) is 61.2 Å². The summed E-state index contributed by atoms with van der Waals surface area (Å²) in [6.45, 7) is 4.24. The number of benzene rings is 2. The molecular formula is C23H21N. The van der Waals surface area contributed by atoms with Crippen LogP contribution in [0.4, 0.5) is 0 Å². The molecule has 118 valence electrons. The fraction of sp³-hybridized carbons (Fsp3) is 0.261. The number of nitriles is 1. The van der Waals surface area contributed by atoms with Gasteiger partial charge in [-0.1, -0.05) is 49.7 Å². The van der Waals surface area contributed by atoms with Crippen LogP contribution in [0.3, 0.4) is 0 Å². The van der Waals surface area contributed by atoms with E-state index in [1.807, 2.05) is 31.2 Å². The van der Waals surface area contributed by atoms with Gasteiger partial charge in [-0.2, -0.15) is 5.26 Å². The molecule has 0 heterocycles. The van der Waals surface area contributed by atoms with E-state index in [-0.39, 0.29) is 0 Å². The monoisotopic (exact) mass is 311 g/mol. The summed E-state index contributed by atoms with van der Waals surface area (Å²) in [5.41, 5.74) is 5.32.